The van der Waals surface area contributed by atoms with Crippen LogP contribution in [0, 0.1) is 35.3 Å². The van der Waals surface area contributed by atoms with Crippen molar-refractivity contribution in [2.45, 2.75) is 52.1 Å². The summed E-state index contributed by atoms with van der Waals surface area (Å²) in [7, 11) is 0. The maximum absolute atomic E-state index is 14.9. The number of hydrogen-bond acceptors (Lipinski definition) is 1. The Labute approximate surface area is 203 Å². The molecule has 0 aromatic heterocycles. The Balaban J connectivity index is 1.45. The molecule has 1 fully saturated rings. The summed E-state index contributed by atoms with van der Waals surface area (Å²) in [6.45, 7) is -1.06. The number of hydrogen-bond donors (Lipinski definition) is 0. The Morgan fingerprint density at radius 1 is 1.00 bits per heavy atom. The Morgan fingerprint density at radius 3 is 2.51 bits per heavy atom. The Kier molecular flexibility index (Phi) is 8.13. The van der Waals surface area contributed by atoms with Gasteiger partial charge in [-0.25, -0.2) is 8.78 Å². The molecule has 0 unspecified atom stereocenters. The highest BCUT2D eigenvalue weighted by Gasteiger charge is 2.19. The minimum absolute atomic E-state index is 0.131. The summed E-state index contributed by atoms with van der Waals surface area (Å²) in [5.41, 5.74) is 1.56. The molecule has 3 aromatic rings. The van der Waals surface area contributed by atoms with Crippen LogP contribution in [0.1, 0.15) is 51.0 Å². The highest BCUT2D eigenvalue weighted by Crippen LogP contribution is 2.33. The zero-order chi connectivity index (χ0) is 24.8. The van der Waals surface area contributed by atoms with Gasteiger partial charge in [0.05, 0.1) is 0 Å². The van der Waals surface area contributed by atoms with Crippen LogP contribution in [0.5, 0.6) is 5.75 Å². The molecule has 1 saturated carbocycles. The summed E-state index contributed by atoms with van der Waals surface area (Å²) in [5.74, 6) is 5.79. The summed E-state index contributed by atoms with van der Waals surface area (Å²) in [6, 6.07) is 12.2. The van der Waals surface area contributed by atoms with Gasteiger partial charge >= 0.3 is 6.61 Å². The van der Waals surface area contributed by atoms with Gasteiger partial charge in [0.2, 0.25) is 0 Å². The lowest BCUT2D eigenvalue weighted by Gasteiger charge is -2.25. The maximum atomic E-state index is 14.9. The van der Waals surface area contributed by atoms with E-state index < -0.39 is 24.0 Å². The SMILES string of the molecule is C/C=C/CCC1CCC(C#Cc2ccc(-c3ccc4c(F)c(OC(F)F)ccc4c3)c(F)c2)CC1. The lowest BCUT2D eigenvalue weighted by molar-refractivity contribution is -0.0520. The van der Waals surface area contributed by atoms with Crippen LogP contribution in [-0.2, 0) is 0 Å². The fourth-order valence-electron chi connectivity index (χ4n) is 4.73. The number of fused-ring (bicyclic) bond motifs is 1. The summed E-state index contributed by atoms with van der Waals surface area (Å²) in [4.78, 5) is 0. The largest absolute Gasteiger partial charge is 0.432 e. The third-order valence-electron chi connectivity index (χ3n) is 6.66. The molecular formula is C30H28F4O. The van der Waals surface area contributed by atoms with Gasteiger partial charge in [0.15, 0.2) is 11.6 Å². The van der Waals surface area contributed by atoms with E-state index in [1.165, 1.54) is 37.5 Å². The summed E-state index contributed by atoms with van der Waals surface area (Å²) < 4.78 is 58.5. The van der Waals surface area contributed by atoms with E-state index in [1.807, 2.05) is 0 Å². The average molecular weight is 481 g/mol. The first kappa shape index (κ1) is 24.9. The van der Waals surface area contributed by atoms with Crippen LogP contribution in [0.3, 0.4) is 0 Å². The smallest absolute Gasteiger partial charge is 0.387 e. The molecule has 0 atom stereocenters. The number of ether oxygens (including phenoxy) is 1. The van der Waals surface area contributed by atoms with Gasteiger partial charge in [-0.2, -0.15) is 8.78 Å². The van der Waals surface area contributed by atoms with Crippen LogP contribution >= 0.6 is 0 Å². The Morgan fingerprint density at radius 2 is 1.80 bits per heavy atom. The second kappa shape index (κ2) is 11.4. The molecular weight excluding hydrogens is 452 g/mol. The van der Waals surface area contributed by atoms with Crippen molar-refractivity contribution < 1.29 is 22.3 Å². The van der Waals surface area contributed by atoms with Crippen LogP contribution in [0.2, 0.25) is 0 Å². The molecule has 1 aliphatic carbocycles. The third-order valence-corrected chi connectivity index (χ3v) is 6.66. The fourth-order valence-corrected chi connectivity index (χ4v) is 4.73. The number of alkyl halides is 2. The zero-order valence-electron chi connectivity index (χ0n) is 19.7. The highest BCUT2D eigenvalue weighted by molar-refractivity contribution is 5.89. The number of rotatable bonds is 6. The topological polar surface area (TPSA) is 9.23 Å². The summed E-state index contributed by atoms with van der Waals surface area (Å²) in [6.07, 6.45) is 11.3. The minimum Gasteiger partial charge on any atom is -0.432 e. The normalized spacial score (nSPS) is 18.1. The van der Waals surface area contributed by atoms with E-state index in [-0.39, 0.29) is 5.39 Å². The lowest BCUT2D eigenvalue weighted by atomic mass is 9.80. The number of benzene rings is 3. The van der Waals surface area contributed by atoms with Crippen LogP contribution in [0.15, 0.2) is 60.7 Å². The molecule has 182 valence electrons. The number of halogens is 4. The molecule has 5 heteroatoms. The molecule has 1 nitrogen and oxygen atoms in total. The van der Waals surface area contributed by atoms with Gasteiger partial charge in [0.1, 0.15) is 5.82 Å². The van der Waals surface area contributed by atoms with Crippen LogP contribution in [0.4, 0.5) is 17.6 Å². The van der Waals surface area contributed by atoms with Crippen molar-refractivity contribution in [3.05, 3.63) is 77.9 Å². The lowest BCUT2D eigenvalue weighted by Crippen LogP contribution is -2.13. The van der Waals surface area contributed by atoms with Gasteiger partial charge in [-0.3, -0.25) is 0 Å². The molecule has 0 heterocycles. The molecule has 0 spiro atoms. The van der Waals surface area contributed by atoms with Crippen molar-refractivity contribution in [3.8, 4) is 28.7 Å². The molecule has 4 rings (SSSR count). The van der Waals surface area contributed by atoms with Crippen molar-refractivity contribution in [1.29, 1.82) is 0 Å². The molecule has 0 aliphatic heterocycles. The first-order valence-corrected chi connectivity index (χ1v) is 12.0. The highest BCUT2D eigenvalue weighted by atomic mass is 19.3. The van der Waals surface area contributed by atoms with Gasteiger partial charge < -0.3 is 4.74 Å². The molecule has 35 heavy (non-hydrogen) atoms. The first-order chi connectivity index (χ1) is 16.9. The van der Waals surface area contributed by atoms with Gasteiger partial charge in [0.25, 0.3) is 0 Å². The third kappa shape index (κ3) is 6.25. The van der Waals surface area contributed by atoms with Crippen molar-refractivity contribution in [2.75, 3.05) is 0 Å². The van der Waals surface area contributed by atoms with Crippen LogP contribution in [0.25, 0.3) is 21.9 Å². The van der Waals surface area contributed by atoms with E-state index in [2.05, 4.69) is 35.7 Å². The Hall–Kier alpha value is -3.26. The van der Waals surface area contributed by atoms with E-state index in [0.717, 1.165) is 31.2 Å². The monoisotopic (exact) mass is 480 g/mol. The molecule has 0 bridgehead atoms. The van der Waals surface area contributed by atoms with E-state index in [1.54, 1.807) is 24.3 Å². The van der Waals surface area contributed by atoms with E-state index in [4.69, 9.17) is 0 Å². The second-order valence-electron chi connectivity index (χ2n) is 9.02. The molecule has 0 radical (unpaired) electrons. The minimum atomic E-state index is -3.11. The first-order valence-electron chi connectivity index (χ1n) is 12.0. The van der Waals surface area contributed by atoms with Crippen molar-refractivity contribution in [2.24, 2.45) is 11.8 Å². The molecule has 3 aromatic carbocycles. The van der Waals surface area contributed by atoms with Crippen LogP contribution in [-0.4, -0.2) is 6.61 Å². The molecule has 0 N–H and O–H groups in total. The molecule has 1 aliphatic rings. The quantitative estimate of drug-likeness (QED) is 0.194. The molecule has 0 amide bonds. The Bertz CT molecular complexity index is 1260. The average Bonchev–Trinajstić information content (AvgIpc) is 2.85. The van der Waals surface area contributed by atoms with E-state index >= 15 is 0 Å². The standard InChI is InChI=1S/C30H28F4O/c1-2-3-4-5-20-6-8-21(9-7-20)10-11-22-12-15-25(27(31)18-22)23-13-16-26-24(19-23)14-17-28(29(26)32)35-30(33)34/h2-3,12-21,30H,4-9H2,1H3/b3-2+. The van der Waals surface area contributed by atoms with Crippen molar-refractivity contribution in [3.63, 3.8) is 0 Å². The number of allylic oxidation sites excluding steroid dienone is 2. The summed E-state index contributed by atoms with van der Waals surface area (Å²) >= 11 is 0. The van der Waals surface area contributed by atoms with E-state index in [9.17, 15) is 17.6 Å². The predicted octanol–water partition coefficient (Wildman–Crippen LogP) is 8.90. The van der Waals surface area contributed by atoms with Gasteiger partial charge in [-0.1, -0.05) is 48.3 Å². The zero-order valence-corrected chi connectivity index (χ0v) is 19.7. The van der Waals surface area contributed by atoms with Gasteiger partial charge in [-0.15, -0.1) is 0 Å². The predicted molar refractivity (Wildman–Crippen MR) is 132 cm³/mol. The molecule has 0 saturated heterocycles. The van der Waals surface area contributed by atoms with Gasteiger partial charge in [-0.05, 0) is 86.6 Å². The summed E-state index contributed by atoms with van der Waals surface area (Å²) in [5, 5.41) is 0.595. The second-order valence-corrected chi connectivity index (χ2v) is 9.02. The van der Waals surface area contributed by atoms with Gasteiger partial charge in [0, 0.05) is 22.4 Å². The van der Waals surface area contributed by atoms with Crippen LogP contribution < -0.4 is 4.74 Å². The van der Waals surface area contributed by atoms with Crippen molar-refractivity contribution in [1.82, 2.24) is 0 Å². The fraction of sp³-hybridized carbons (Fsp3) is 0.333. The van der Waals surface area contributed by atoms with Crippen molar-refractivity contribution >= 4 is 10.8 Å². The maximum Gasteiger partial charge on any atom is 0.387 e. The van der Waals surface area contributed by atoms with E-state index in [0.29, 0.717) is 28.0 Å².